The molecule has 6 heteroatoms. The Morgan fingerprint density at radius 2 is 0.848 bits per heavy atom. The van der Waals surface area contributed by atoms with E-state index in [9.17, 15) is 30.6 Å². The Hall–Kier alpha value is -2.58. The number of hydrogen-bond acceptors (Lipinski definition) is 6. The summed E-state index contributed by atoms with van der Waals surface area (Å²) in [5, 5.41) is 69.8. The fraction of sp³-hybridized carbons (Fsp3) is 0.333. The van der Waals surface area contributed by atoms with Crippen LogP contribution in [0, 0.1) is 0 Å². The fourth-order valence-corrected chi connectivity index (χ4v) is 6.93. The molecule has 170 valence electrons. The molecule has 0 aliphatic heterocycles. The first-order valence-electron chi connectivity index (χ1n) is 11.2. The Kier molecular flexibility index (Phi) is 4.14. The third-order valence-corrected chi connectivity index (χ3v) is 8.46. The van der Waals surface area contributed by atoms with Gasteiger partial charge in [0.15, 0.2) is 0 Å². The molecule has 33 heavy (non-hydrogen) atoms. The summed E-state index contributed by atoms with van der Waals surface area (Å²) in [5.41, 5.74) is -7.28. The van der Waals surface area contributed by atoms with Crippen LogP contribution in [0.1, 0.15) is 34.4 Å². The normalized spacial score (nSPS) is 45.5. The Bertz CT molecular complexity index is 1190. The van der Waals surface area contributed by atoms with E-state index in [1.165, 1.54) is 0 Å². The van der Waals surface area contributed by atoms with Crippen LogP contribution in [0.2, 0.25) is 0 Å². The summed E-state index contributed by atoms with van der Waals surface area (Å²) < 4.78 is 0. The number of fused-ring (bicyclic) bond motifs is 1. The Morgan fingerprint density at radius 3 is 1.33 bits per heavy atom. The van der Waals surface area contributed by atoms with E-state index in [2.05, 4.69) is 0 Å². The third kappa shape index (κ3) is 2.11. The predicted molar refractivity (Wildman–Crippen MR) is 119 cm³/mol. The highest BCUT2D eigenvalue weighted by Gasteiger charge is 2.99. The molecule has 3 aliphatic rings. The molecule has 9 atom stereocenters. The molecule has 6 rings (SSSR count). The van der Waals surface area contributed by atoms with Crippen LogP contribution < -0.4 is 0 Å². The molecule has 3 aromatic rings. The number of aliphatic hydroxyl groups is 6. The van der Waals surface area contributed by atoms with Crippen molar-refractivity contribution >= 4 is 0 Å². The number of hydrogen-bond donors (Lipinski definition) is 6. The minimum absolute atomic E-state index is 0.456. The zero-order valence-electron chi connectivity index (χ0n) is 17.7. The molecule has 5 unspecified atom stereocenters. The van der Waals surface area contributed by atoms with Gasteiger partial charge in [-0.05, 0) is 16.7 Å². The molecule has 3 aromatic carbocycles. The molecule has 0 radical (unpaired) electrons. The molecule has 3 aliphatic carbocycles. The zero-order valence-corrected chi connectivity index (χ0v) is 17.7. The second-order valence-corrected chi connectivity index (χ2v) is 9.69. The van der Waals surface area contributed by atoms with Gasteiger partial charge in [-0.3, -0.25) is 0 Å². The van der Waals surface area contributed by atoms with Gasteiger partial charge in [0.05, 0.1) is 18.1 Å². The van der Waals surface area contributed by atoms with Crippen LogP contribution in [0.25, 0.3) is 0 Å². The van der Waals surface area contributed by atoms with Crippen molar-refractivity contribution in [1.29, 1.82) is 0 Å². The van der Waals surface area contributed by atoms with Crippen molar-refractivity contribution in [3.05, 3.63) is 108 Å². The quantitative estimate of drug-likeness (QED) is 0.356. The maximum Gasteiger partial charge on any atom is 0.138 e. The van der Waals surface area contributed by atoms with Gasteiger partial charge in [0.25, 0.3) is 0 Å². The molecule has 0 bridgehead atoms. The summed E-state index contributed by atoms with van der Waals surface area (Å²) in [7, 11) is 0. The summed E-state index contributed by atoms with van der Waals surface area (Å²) in [6.45, 7) is 0. The fourth-order valence-electron chi connectivity index (χ4n) is 6.93. The molecule has 6 nitrogen and oxygen atoms in total. The Morgan fingerprint density at radius 1 is 0.455 bits per heavy atom. The first-order valence-corrected chi connectivity index (χ1v) is 11.2. The maximum atomic E-state index is 12.3. The van der Waals surface area contributed by atoms with Crippen LogP contribution >= 0.6 is 0 Å². The van der Waals surface area contributed by atoms with Gasteiger partial charge in [-0.15, -0.1) is 0 Å². The van der Waals surface area contributed by atoms with Crippen LogP contribution in [0.15, 0.2) is 91.0 Å². The van der Waals surface area contributed by atoms with Crippen LogP contribution in [-0.4, -0.2) is 65.3 Å². The molecule has 3 saturated carbocycles. The van der Waals surface area contributed by atoms with E-state index in [0.717, 1.165) is 0 Å². The number of rotatable bonds is 4. The Labute approximate surface area is 191 Å². The molecule has 3 fully saturated rings. The van der Waals surface area contributed by atoms with E-state index in [1.54, 1.807) is 84.9 Å². The highest BCUT2D eigenvalue weighted by molar-refractivity contribution is 5.61. The van der Waals surface area contributed by atoms with E-state index >= 15 is 0 Å². The van der Waals surface area contributed by atoms with Crippen molar-refractivity contribution < 1.29 is 30.6 Å². The van der Waals surface area contributed by atoms with Crippen LogP contribution in [0.3, 0.4) is 0 Å². The lowest BCUT2D eigenvalue weighted by Crippen LogP contribution is -3.00. The molecule has 0 amide bonds. The SMILES string of the molecule is OC1C(c2ccccc2)[C@@]2(O)[C@]1(O)C(c1ccccc1)[C@@]2(O)[C@]1(O)C(O)C1c1ccccc1. The van der Waals surface area contributed by atoms with Gasteiger partial charge in [-0.2, -0.15) is 0 Å². The largest absolute Gasteiger partial charge is 0.389 e. The van der Waals surface area contributed by atoms with E-state index < -0.39 is 52.4 Å². The van der Waals surface area contributed by atoms with E-state index in [-0.39, 0.29) is 0 Å². The van der Waals surface area contributed by atoms with Crippen molar-refractivity contribution in [3.8, 4) is 0 Å². The van der Waals surface area contributed by atoms with Crippen LogP contribution in [-0.2, 0) is 0 Å². The van der Waals surface area contributed by atoms with Gasteiger partial charge < -0.3 is 30.6 Å². The molecular formula is C27H26O6. The number of benzene rings is 3. The van der Waals surface area contributed by atoms with E-state index in [1.807, 2.05) is 6.07 Å². The molecule has 0 spiro atoms. The average molecular weight is 446 g/mol. The van der Waals surface area contributed by atoms with Crippen LogP contribution in [0.4, 0.5) is 0 Å². The molecular weight excluding hydrogens is 420 g/mol. The zero-order chi connectivity index (χ0) is 23.2. The van der Waals surface area contributed by atoms with Gasteiger partial charge in [-0.1, -0.05) is 91.0 Å². The summed E-state index contributed by atoms with van der Waals surface area (Å²) >= 11 is 0. The second kappa shape index (κ2) is 6.51. The lowest BCUT2D eigenvalue weighted by atomic mass is 9.29. The monoisotopic (exact) mass is 446 g/mol. The summed E-state index contributed by atoms with van der Waals surface area (Å²) in [6, 6.07) is 26.0. The van der Waals surface area contributed by atoms with Crippen molar-refractivity contribution in [2.45, 2.75) is 52.4 Å². The lowest BCUT2D eigenvalue weighted by molar-refractivity contribution is -0.464. The van der Waals surface area contributed by atoms with Crippen LogP contribution in [0.5, 0.6) is 0 Å². The van der Waals surface area contributed by atoms with Gasteiger partial charge in [0.1, 0.15) is 22.4 Å². The Balaban J connectivity index is 1.54. The predicted octanol–water partition coefficient (Wildman–Crippen LogP) is 1.02. The molecule has 0 heterocycles. The highest BCUT2D eigenvalue weighted by Crippen LogP contribution is 2.81. The molecule has 0 aromatic heterocycles. The van der Waals surface area contributed by atoms with Gasteiger partial charge in [0, 0.05) is 11.8 Å². The average Bonchev–Trinajstić information content (AvgIpc) is 3.42. The lowest BCUT2D eigenvalue weighted by Gasteiger charge is -2.80. The third-order valence-electron chi connectivity index (χ3n) is 8.46. The van der Waals surface area contributed by atoms with Crippen molar-refractivity contribution in [2.75, 3.05) is 0 Å². The standard InChI is InChI=1S/C27H26O6/c28-22-19(16-10-4-1-5-11-16)24(22,30)27(33)21(18-14-8-3-9-15-18)25(31)23(29)20(26(25,27)32)17-12-6-2-7-13-17/h1-15,19-23,28-33H/t19?,20?,21?,22?,23?,24-,25+,26-,27-/m1/s1. The summed E-state index contributed by atoms with van der Waals surface area (Å²) in [6.07, 6.45) is -2.75. The van der Waals surface area contributed by atoms with Crippen molar-refractivity contribution in [3.63, 3.8) is 0 Å². The molecule has 6 N–H and O–H groups in total. The maximum absolute atomic E-state index is 12.3. The highest BCUT2D eigenvalue weighted by atomic mass is 16.5. The van der Waals surface area contributed by atoms with Gasteiger partial charge in [0.2, 0.25) is 0 Å². The molecule has 0 saturated heterocycles. The second-order valence-electron chi connectivity index (χ2n) is 9.69. The van der Waals surface area contributed by atoms with Crippen molar-refractivity contribution in [1.82, 2.24) is 0 Å². The summed E-state index contributed by atoms with van der Waals surface area (Å²) in [5.74, 6) is -3.14. The number of aliphatic hydroxyl groups excluding tert-OH is 2. The van der Waals surface area contributed by atoms with E-state index in [4.69, 9.17) is 0 Å². The van der Waals surface area contributed by atoms with E-state index in [0.29, 0.717) is 16.7 Å². The smallest absolute Gasteiger partial charge is 0.138 e. The van der Waals surface area contributed by atoms with Crippen molar-refractivity contribution in [2.24, 2.45) is 0 Å². The summed E-state index contributed by atoms with van der Waals surface area (Å²) in [4.78, 5) is 0. The van der Waals surface area contributed by atoms with Gasteiger partial charge >= 0.3 is 0 Å². The first kappa shape index (κ1) is 21.0. The van der Waals surface area contributed by atoms with Gasteiger partial charge in [-0.25, -0.2) is 0 Å². The topological polar surface area (TPSA) is 121 Å². The first-order chi connectivity index (χ1) is 15.8. The minimum atomic E-state index is -2.34. The minimum Gasteiger partial charge on any atom is -0.389 e.